The van der Waals surface area contributed by atoms with E-state index in [0.29, 0.717) is 5.41 Å². The first-order valence-corrected chi connectivity index (χ1v) is 7.60. The summed E-state index contributed by atoms with van der Waals surface area (Å²) in [6.07, 6.45) is 2.46. The highest BCUT2D eigenvalue weighted by Gasteiger charge is 2.24. The minimum atomic E-state index is 0.305. The Bertz CT molecular complexity index is 377. The molecule has 0 saturated heterocycles. The summed E-state index contributed by atoms with van der Waals surface area (Å²) >= 11 is 0. The van der Waals surface area contributed by atoms with Crippen LogP contribution in [-0.4, -0.2) is 33.8 Å². The molecular formula is C17H30N2O. The molecule has 1 aromatic rings. The second kappa shape index (κ2) is 8.15. The fraction of sp³-hybridized carbons (Fsp3) is 0.647. The van der Waals surface area contributed by atoms with Gasteiger partial charge in [-0.1, -0.05) is 27.2 Å². The van der Waals surface area contributed by atoms with Crippen molar-refractivity contribution in [2.45, 2.75) is 33.6 Å². The number of benzene rings is 1. The van der Waals surface area contributed by atoms with E-state index in [2.05, 4.69) is 50.2 Å². The molecule has 0 heterocycles. The van der Waals surface area contributed by atoms with E-state index in [0.717, 1.165) is 25.4 Å². The van der Waals surface area contributed by atoms with Gasteiger partial charge < -0.3 is 15.0 Å². The summed E-state index contributed by atoms with van der Waals surface area (Å²) in [4.78, 5) is 2.34. The van der Waals surface area contributed by atoms with Crippen LogP contribution in [0.2, 0.25) is 0 Å². The summed E-state index contributed by atoms with van der Waals surface area (Å²) in [6, 6.07) is 8.29. The molecule has 3 heteroatoms. The SMILES string of the molecule is CCCC(C)(CNCC)CN(C)c1ccc(OC)cc1. The van der Waals surface area contributed by atoms with E-state index in [9.17, 15) is 0 Å². The Morgan fingerprint density at radius 1 is 1.20 bits per heavy atom. The van der Waals surface area contributed by atoms with E-state index in [-0.39, 0.29) is 0 Å². The highest BCUT2D eigenvalue weighted by atomic mass is 16.5. The Labute approximate surface area is 124 Å². The van der Waals surface area contributed by atoms with Crippen molar-refractivity contribution in [1.29, 1.82) is 0 Å². The van der Waals surface area contributed by atoms with Crippen molar-refractivity contribution in [1.82, 2.24) is 5.32 Å². The van der Waals surface area contributed by atoms with E-state index >= 15 is 0 Å². The number of rotatable bonds is 9. The van der Waals surface area contributed by atoms with Crippen molar-refractivity contribution in [3.05, 3.63) is 24.3 Å². The zero-order valence-corrected chi connectivity index (χ0v) is 13.7. The maximum Gasteiger partial charge on any atom is 0.119 e. The number of ether oxygens (including phenoxy) is 1. The number of nitrogens with one attached hydrogen (secondary N) is 1. The topological polar surface area (TPSA) is 24.5 Å². The maximum absolute atomic E-state index is 5.21. The Morgan fingerprint density at radius 2 is 1.85 bits per heavy atom. The summed E-state index contributed by atoms with van der Waals surface area (Å²) in [5.74, 6) is 0.908. The third kappa shape index (κ3) is 5.04. The Kier molecular flexibility index (Phi) is 6.86. The molecule has 1 N–H and O–H groups in total. The predicted molar refractivity (Wildman–Crippen MR) is 87.8 cm³/mol. The minimum absolute atomic E-state index is 0.305. The number of nitrogens with zero attached hydrogens (tertiary/aromatic N) is 1. The van der Waals surface area contributed by atoms with Crippen LogP contribution < -0.4 is 15.0 Å². The molecule has 0 radical (unpaired) electrons. The number of anilines is 1. The van der Waals surface area contributed by atoms with Gasteiger partial charge in [-0.25, -0.2) is 0 Å². The van der Waals surface area contributed by atoms with Crippen LogP contribution in [0.1, 0.15) is 33.6 Å². The van der Waals surface area contributed by atoms with Gasteiger partial charge >= 0.3 is 0 Å². The molecule has 1 aromatic carbocycles. The van der Waals surface area contributed by atoms with Gasteiger partial charge in [-0.3, -0.25) is 0 Å². The molecule has 0 aliphatic carbocycles. The molecule has 0 saturated carbocycles. The van der Waals surface area contributed by atoms with E-state index in [1.54, 1.807) is 7.11 Å². The van der Waals surface area contributed by atoms with Gasteiger partial charge in [-0.05, 0) is 42.6 Å². The van der Waals surface area contributed by atoms with Crippen LogP contribution in [0.15, 0.2) is 24.3 Å². The normalized spacial score (nSPS) is 13.8. The van der Waals surface area contributed by atoms with Gasteiger partial charge in [0.2, 0.25) is 0 Å². The van der Waals surface area contributed by atoms with Crippen molar-refractivity contribution < 1.29 is 4.74 Å². The van der Waals surface area contributed by atoms with Crippen molar-refractivity contribution >= 4 is 5.69 Å². The van der Waals surface area contributed by atoms with Crippen molar-refractivity contribution in [2.75, 3.05) is 38.7 Å². The first-order valence-electron chi connectivity index (χ1n) is 7.60. The third-order valence-corrected chi connectivity index (χ3v) is 3.79. The zero-order chi connectivity index (χ0) is 15.0. The maximum atomic E-state index is 5.21. The Balaban J connectivity index is 2.70. The second-order valence-corrected chi connectivity index (χ2v) is 5.90. The lowest BCUT2D eigenvalue weighted by Gasteiger charge is -2.35. The smallest absolute Gasteiger partial charge is 0.119 e. The highest BCUT2D eigenvalue weighted by molar-refractivity contribution is 5.48. The van der Waals surface area contributed by atoms with Gasteiger partial charge in [0.05, 0.1) is 7.11 Å². The van der Waals surface area contributed by atoms with Crippen molar-refractivity contribution in [2.24, 2.45) is 5.41 Å². The van der Waals surface area contributed by atoms with Gasteiger partial charge in [0.15, 0.2) is 0 Å². The summed E-state index contributed by atoms with van der Waals surface area (Å²) in [6.45, 7) is 9.96. The summed E-state index contributed by atoms with van der Waals surface area (Å²) in [7, 11) is 3.87. The quantitative estimate of drug-likeness (QED) is 0.747. The van der Waals surface area contributed by atoms with E-state index in [1.807, 2.05) is 12.1 Å². The summed E-state index contributed by atoms with van der Waals surface area (Å²) < 4.78 is 5.21. The lowest BCUT2D eigenvalue weighted by atomic mass is 9.84. The van der Waals surface area contributed by atoms with Crippen LogP contribution in [0.25, 0.3) is 0 Å². The van der Waals surface area contributed by atoms with Crippen molar-refractivity contribution in [3.8, 4) is 5.75 Å². The van der Waals surface area contributed by atoms with E-state index in [4.69, 9.17) is 4.74 Å². The zero-order valence-electron chi connectivity index (χ0n) is 13.7. The van der Waals surface area contributed by atoms with Crippen LogP contribution in [0.4, 0.5) is 5.69 Å². The molecule has 1 rings (SSSR count). The first-order chi connectivity index (χ1) is 9.54. The third-order valence-electron chi connectivity index (χ3n) is 3.79. The molecule has 20 heavy (non-hydrogen) atoms. The van der Waals surface area contributed by atoms with Crippen molar-refractivity contribution in [3.63, 3.8) is 0 Å². The second-order valence-electron chi connectivity index (χ2n) is 5.90. The lowest BCUT2D eigenvalue weighted by Crippen LogP contribution is -2.41. The molecule has 0 amide bonds. The first kappa shape index (κ1) is 16.8. The molecule has 0 bridgehead atoms. The molecule has 1 atom stereocenters. The van der Waals surface area contributed by atoms with E-state index in [1.165, 1.54) is 18.5 Å². The fourth-order valence-corrected chi connectivity index (χ4v) is 2.75. The standard InChI is InChI=1S/C17H30N2O/c1-6-12-17(3,13-18-7-2)14-19(4)15-8-10-16(20-5)11-9-15/h8-11,18H,6-7,12-14H2,1-5H3. The van der Waals surface area contributed by atoms with Crippen LogP contribution in [0.3, 0.4) is 0 Å². The molecule has 1 unspecified atom stereocenters. The summed E-state index contributed by atoms with van der Waals surface area (Å²) in [5.41, 5.74) is 1.55. The summed E-state index contributed by atoms with van der Waals surface area (Å²) in [5, 5.41) is 3.50. The molecule has 0 aliphatic heterocycles. The molecule has 114 valence electrons. The molecule has 0 spiro atoms. The average Bonchev–Trinajstić information content (AvgIpc) is 2.45. The van der Waals surface area contributed by atoms with Gasteiger partial charge in [-0.15, -0.1) is 0 Å². The van der Waals surface area contributed by atoms with Gasteiger partial charge in [-0.2, -0.15) is 0 Å². The number of methoxy groups -OCH3 is 1. The van der Waals surface area contributed by atoms with Crippen LogP contribution in [-0.2, 0) is 0 Å². The van der Waals surface area contributed by atoms with Gasteiger partial charge in [0, 0.05) is 25.8 Å². The van der Waals surface area contributed by atoms with Crippen LogP contribution >= 0.6 is 0 Å². The molecular weight excluding hydrogens is 248 g/mol. The van der Waals surface area contributed by atoms with Gasteiger partial charge in [0.1, 0.15) is 5.75 Å². The largest absolute Gasteiger partial charge is 0.497 e. The monoisotopic (exact) mass is 278 g/mol. The Hall–Kier alpha value is -1.22. The predicted octanol–water partition coefficient (Wildman–Crippen LogP) is 3.55. The van der Waals surface area contributed by atoms with E-state index < -0.39 is 0 Å². The molecule has 0 aliphatic rings. The van der Waals surface area contributed by atoms with Gasteiger partial charge in [0.25, 0.3) is 0 Å². The highest BCUT2D eigenvalue weighted by Crippen LogP contribution is 2.27. The molecule has 0 aromatic heterocycles. The molecule has 0 fully saturated rings. The lowest BCUT2D eigenvalue weighted by molar-refractivity contribution is 0.286. The molecule has 3 nitrogen and oxygen atoms in total. The number of hydrogen-bond donors (Lipinski definition) is 1. The van der Waals surface area contributed by atoms with Crippen LogP contribution in [0, 0.1) is 5.41 Å². The minimum Gasteiger partial charge on any atom is -0.497 e. The average molecular weight is 278 g/mol. The fourth-order valence-electron chi connectivity index (χ4n) is 2.75. The Morgan fingerprint density at radius 3 is 2.35 bits per heavy atom. The van der Waals surface area contributed by atoms with Crippen LogP contribution in [0.5, 0.6) is 5.75 Å². The number of hydrogen-bond acceptors (Lipinski definition) is 3.